The highest BCUT2D eigenvalue weighted by Gasteiger charge is 2.16. The van der Waals surface area contributed by atoms with Gasteiger partial charge >= 0.3 is 0 Å². The molecule has 0 saturated heterocycles. The first kappa shape index (κ1) is 19.3. The van der Waals surface area contributed by atoms with Crippen molar-refractivity contribution in [1.82, 2.24) is 24.9 Å². The Hall–Kier alpha value is -4.07. The molecule has 4 rings (SSSR count). The molecule has 0 aliphatic carbocycles. The van der Waals surface area contributed by atoms with Gasteiger partial charge in [-0.2, -0.15) is 10.2 Å². The average molecular weight is 403 g/mol. The molecule has 0 spiro atoms. The van der Waals surface area contributed by atoms with Crippen LogP contribution < -0.4 is 10.7 Å². The minimum absolute atomic E-state index is 0.160. The molecule has 2 aromatic heterocycles. The number of hydrogen-bond donors (Lipinski definition) is 1. The van der Waals surface area contributed by atoms with Crippen molar-refractivity contribution < 1.29 is 9.18 Å². The number of para-hydroxylation sites is 2. The van der Waals surface area contributed by atoms with Crippen molar-refractivity contribution in [3.63, 3.8) is 0 Å². The summed E-state index contributed by atoms with van der Waals surface area (Å²) in [6.45, 7) is 1.79. The van der Waals surface area contributed by atoms with Crippen LogP contribution in [0.3, 0.4) is 0 Å². The molecule has 1 amide bonds. The number of rotatable bonds is 5. The number of halogens is 1. The molecule has 0 saturated carbocycles. The number of aryl methyl sites for hydroxylation is 1. The third-order valence-corrected chi connectivity index (χ3v) is 4.51. The third-order valence-electron chi connectivity index (χ3n) is 4.51. The van der Waals surface area contributed by atoms with Crippen molar-refractivity contribution in [3.05, 3.63) is 106 Å². The Morgan fingerprint density at radius 2 is 1.83 bits per heavy atom. The summed E-state index contributed by atoms with van der Waals surface area (Å²) in [6, 6.07) is 16.8. The first-order chi connectivity index (χ1) is 14.5. The second-order valence-electron chi connectivity index (χ2n) is 6.67. The van der Waals surface area contributed by atoms with E-state index in [0.717, 1.165) is 11.3 Å². The van der Waals surface area contributed by atoms with E-state index in [0.29, 0.717) is 5.69 Å². The van der Waals surface area contributed by atoms with Crippen molar-refractivity contribution in [1.29, 1.82) is 0 Å². The maximum Gasteiger partial charge on any atom is 0.276 e. The molecule has 150 valence electrons. The van der Waals surface area contributed by atoms with Crippen molar-refractivity contribution in [3.8, 4) is 11.4 Å². The second-order valence-corrected chi connectivity index (χ2v) is 6.67. The Kier molecular flexibility index (Phi) is 5.21. The van der Waals surface area contributed by atoms with Crippen molar-refractivity contribution in [2.24, 2.45) is 0 Å². The predicted octanol–water partition coefficient (Wildman–Crippen LogP) is 2.80. The Morgan fingerprint density at radius 3 is 2.60 bits per heavy atom. The average Bonchev–Trinajstić information content (AvgIpc) is 3.23. The number of carbonyl (C=O) groups is 1. The molecule has 0 aliphatic rings. The summed E-state index contributed by atoms with van der Waals surface area (Å²) in [7, 11) is 0. The summed E-state index contributed by atoms with van der Waals surface area (Å²) in [4.78, 5) is 24.9. The van der Waals surface area contributed by atoms with Gasteiger partial charge in [0.15, 0.2) is 5.69 Å². The van der Waals surface area contributed by atoms with E-state index in [1.165, 1.54) is 22.9 Å². The molecule has 0 aliphatic heterocycles. The standard InChI is InChI=1S/C22H18FN5O2/c1-15-11-20(29)21(26-28(15)19-10-6-5-9-18(19)23)22(30)24-12-16-13-25-27(14-16)17-7-3-2-4-8-17/h2-11,13-14H,12H2,1H3,(H,24,30). The van der Waals surface area contributed by atoms with Crippen molar-refractivity contribution in [2.45, 2.75) is 13.5 Å². The SMILES string of the molecule is Cc1cc(=O)c(C(=O)NCc2cnn(-c3ccccc3)c2)nn1-c1ccccc1F. The quantitative estimate of drug-likeness (QED) is 0.556. The lowest BCUT2D eigenvalue weighted by Crippen LogP contribution is -2.31. The van der Waals surface area contributed by atoms with Crippen LogP contribution in [0.15, 0.2) is 77.9 Å². The minimum atomic E-state index is -0.641. The van der Waals surface area contributed by atoms with Crippen LogP contribution in [0.4, 0.5) is 4.39 Å². The van der Waals surface area contributed by atoms with Gasteiger partial charge < -0.3 is 5.32 Å². The van der Waals surface area contributed by atoms with Crippen LogP contribution in [-0.4, -0.2) is 25.5 Å². The summed E-state index contributed by atoms with van der Waals surface area (Å²) in [5.41, 5.74) is 1.40. The van der Waals surface area contributed by atoms with Crippen LogP contribution in [-0.2, 0) is 6.54 Å². The smallest absolute Gasteiger partial charge is 0.276 e. The first-order valence-corrected chi connectivity index (χ1v) is 9.26. The predicted molar refractivity (Wildman–Crippen MR) is 109 cm³/mol. The highest BCUT2D eigenvalue weighted by atomic mass is 19.1. The molecule has 0 atom stereocenters. The van der Waals surface area contributed by atoms with Crippen LogP contribution in [0.25, 0.3) is 11.4 Å². The molecule has 0 radical (unpaired) electrons. The molecule has 0 fully saturated rings. The van der Waals surface area contributed by atoms with Crippen LogP contribution in [0.1, 0.15) is 21.7 Å². The van der Waals surface area contributed by atoms with Crippen LogP contribution in [0.2, 0.25) is 0 Å². The van der Waals surface area contributed by atoms with Gasteiger partial charge in [-0.05, 0) is 31.2 Å². The summed E-state index contributed by atoms with van der Waals surface area (Å²) < 4.78 is 17.1. The van der Waals surface area contributed by atoms with Gasteiger partial charge in [0.05, 0.1) is 11.9 Å². The zero-order valence-electron chi connectivity index (χ0n) is 16.1. The van der Waals surface area contributed by atoms with E-state index in [9.17, 15) is 14.0 Å². The van der Waals surface area contributed by atoms with Gasteiger partial charge in [0.25, 0.3) is 5.91 Å². The Balaban J connectivity index is 1.54. The summed E-state index contributed by atoms with van der Waals surface area (Å²) in [5, 5.41) is 11.0. The van der Waals surface area contributed by atoms with E-state index in [-0.39, 0.29) is 17.9 Å². The van der Waals surface area contributed by atoms with E-state index in [1.54, 1.807) is 36.1 Å². The van der Waals surface area contributed by atoms with Gasteiger partial charge in [0, 0.05) is 30.1 Å². The van der Waals surface area contributed by atoms with Gasteiger partial charge in [0.1, 0.15) is 11.5 Å². The summed E-state index contributed by atoms with van der Waals surface area (Å²) >= 11 is 0. The number of aromatic nitrogens is 4. The minimum Gasteiger partial charge on any atom is -0.346 e. The number of carbonyl (C=O) groups excluding carboxylic acids is 1. The van der Waals surface area contributed by atoms with Gasteiger partial charge in [-0.15, -0.1) is 0 Å². The monoisotopic (exact) mass is 403 g/mol. The molecule has 0 unspecified atom stereocenters. The molecular formula is C22H18FN5O2. The normalized spacial score (nSPS) is 10.7. The van der Waals surface area contributed by atoms with Gasteiger partial charge in [-0.3, -0.25) is 9.59 Å². The maximum atomic E-state index is 14.2. The van der Waals surface area contributed by atoms with Gasteiger partial charge in [-0.25, -0.2) is 13.8 Å². The topological polar surface area (TPSA) is 81.8 Å². The Morgan fingerprint density at radius 1 is 1.10 bits per heavy atom. The number of benzene rings is 2. The van der Waals surface area contributed by atoms with Gasteiger partial charge in [0.2, 0.25) is 5.43 Å². The van der Waals surface area contributed by atoms with E-state index in [4.69, 9.17) is 0 Å². The highest BCUT2D eigenvalue weighted by molar-refractivity contribution is 5.92. The molecule has 2 heterocycles. The summed E-state index contributed by atoms with van der Waals surface area (Å²) in [6.07, 6.45) is 3.42. The molecule has 4 aromatic rings. The molecule has 30 heavy (non-hydrogen) atoms. The van der Waals surface area contributed by atoms with Crippen molar-refractivity contribution in [2.75, 3.05) is 0 Å². The van der Waals surface area contributed by atoms with Crippen LogP contribution in [0.5, 0.6) is 0 Å². The second kappa shape index (κ2) is 8.12. The Labute approximate surface area is 171 Å². The number of amides is 1. The molecule has 0 bridgehead atoms. The number of hydrogen-bond acceptors (Lipinski definition) is 4. The molecular weight excluding hydrogens is 385 g/mol. The van der Waals surface area contributed by atoms with E-state index in [2.05, 4.69) is 15.5 Å². The lowest BCUT2D eigenvalue weighted by Gasteiger charge is -2.11. The first-order valence-electron chi connectivity index (χ1n) is 9.26. The number of nitrogens with zero attached hydrogens (tertiary/aromatic N) is 4. The lowest BCUT2D eigenvalue weighted by atomic mass is 10.2. The zero-order chi connectivity index (χ0) is 21.1. The molecule has 8 heteroatoms. The molecule has 1 N–H and O–H groups in total. The summed E-state index contributed by atoms with van der Waals surface area (Å²) in [5.74, 6) is -1.14. The highest BCUT2D eigenvalue weighted by Crippen LogP contribution is 2.13. The van der Waals surface area contributed by atoms with E-state index < -0.39 is 17.2 Å². The van der Waals surface area contributed by atoms with Crippen molar-refractivity contribution >= 4 is 5.91 Å². The fourth-order valence-electron chi connectivity index (χ4n) is 3.01. The fourth-order valence-corrected chi connectivity index (χ4v) is 3.01. The zero-order valence-corrected chi connectivity index (χ0v) is 16.1. The number of nitrogens with one attached hydrogen (secondary N) is 1. The van der Waals surface area contributed by atoms with E-state index >= 15 is 0 Å². The van der Waals surface area contributed by atoms with Crippen LogP contribution >= 0.6 is 0 Å². The molecule has 7 nitrogen and oxygen atoms in total. The third kappa shape index (κ3) is 3.88. The van der Waals surface area contributed by atoms with Crippen LogP contribution in [0, 0.1) is 12.7 Å². The Bertz CT molecular complexity index is 1260. The maximum absolute atomic E-state index is 14.2. The van der Waals surface area contributed by atoms with E-state index in [1.807, 2.05) is 30.3 Å². The fraction of sp³-hybridized carbons (Fsp3) is 0.0909. The van der Waals surface area contributed by atoms with Gasteiger partial charge in [-0.1, -0.05) is 30.3 Å². The largest absolute Gasteiger partial charge is 0.346 e. The molecule has 2 aromatic carbocycles. The lowest BCUT2D eigenvalue weighted by molar-refractivity contribution is 0.0943.